The third kappa shape index (κ3) is 2.13. The Labute approximate surface area is 125 Å². The monoisotopic (exact) mass is 363 g/mol. The molecule has 3 heterocycles. The molecule has 0 bridgehead atoms. The summed E-state index contributed by atoms with van der Waals surface area (Å²) in [5.41, 5.74) is 0.380. The van der Waals surface area contributed by atoms with Crippen LogP contribution in [0.1, 0.15) is 16.1 Å². The lowest BCUT2D eigenvalue weighted by Crippen LogP contribution is -2.48. The summed E-state index contributed by atoms with van der Waals surface area (Å²) in [4.78, 5) is 13.8. The Morgan fingerprint density at radius 3 is 3.10 bits per heavy atom. The zero-order chi connectivity index (χ0) is 14.5. The fourth-order valence-corrected chi connectivity index (χ4v) is 3.97. The predicted octanol–water partition coefficient (Wildman–Crippen LogP) is 2.33. The number of hydrogen-bond acceptors (Lipinski definition) is 5. The van der Waals surface area contributed by atoms with Crippen molar-refractivity contribution in [2.45, 2.75) is 18.6 Å². The van der Waals surface area contributed by atoms with Crippen LogP contribution in [0.4, 0.5) is 14.5 Å². The molecule has 20 heavy (non-hydrogen) atoms. The largest absolute Gasteiger partial charge is 0.427 e. The van der Waals surface area contributed by atoms with Gasteiger partial charge in [-0.05, 0) is 15.9 Å². The van der Waals surface area contributed by atoms with Gasteiger partial charge in [-0.15, -0.1) is 11.3 Å². The Hall–Kier alpha value is -1.40. The number of alkyl halides is 2. The van der Waals surface area contributed by atoms with Gasteiger partial charge in [-0.3, -0.25) is 4.79 Å². The Bertz CT molecular complexity index is 628. The molecule has 0 saturated carbocycles. The molecule has 0 aliphatic carbocycles. The smallest absolute Gasteiger partial charge is 0.416 e. The van der Waals surface area contributed by atoms with Gasteiger partial charge in [-0.2, -0.15) is 14.0 Å². The summed E-state index contributed by atoms with van der Waals surface area (Å²) >= 11 is 4.20. The third-order valence-electron chi connectivity index (χ3n) is 3.06. The lowest BCUT2D eigenvalue weighted by Gasteiger charge is -2.34. The zero-order valence-corrected chi connectivity index (χ0v) is 12.4. The maximum absolute atomic E-state index is 13.6. The first-order chi connectivity index (χ1) is 9.41. The maximum Gasteiger partial charge on any atom is 0.416 e. The van der Waals surface area contributed by atoms with E-state index in [-0.39, 0.29) is 24.6 Å². The summed E-state index contributed by atoms with van der Waals surface area (Å²) in [6.07, 6.45) is -3.25. The number of nitrogens with zero attached hydrogens (tertiary/aromatic N) is 2. The predicted molar refractivity (Wildman–Crippen MR) is 71.3 cm³/mol. The molecule has 2 aliphatic rings. The summed E-state index contributed by atoms with van der Waals surface area (Å²) in [6.45, 7) is -0.478. The highest BCUT2D eigenvalue weighted by Gasteiger charge is 2.46. The van der Waals surface area contributed by atoms with Gasteiger partial charge in [0.25, 0.3) is 5.91 Å². The van der Waals surface area contributed by atoms with Crippen molar-refractivity contribution in [1.82, 2.24) is 5.32 Å². The quantitative estimate of drug-likeness (QED) is 0.831. The molecular weight excluding hydrogens is 356 g/mol. The fraction of sp³-hybridized carbons (Fsp3) is 0.455. The maximum atomic E-state index is 13.6. The van der Waals surface area contributed by atoms with Crippen molar-refractivity contribution in [2.75, 3.05) is 18.0 Å². The van der Waals surface area contributed by atoms with Gasteiger partial charge in [0.15, 0.2) is 5.75 Å². The molecule has 0 fully saturated rings. The summed E-state index contributed by atoms with van der Waals surface area (Å²) in [6, 6.07) is 1.47. The third-order valence-corrected chi connectivity index (χ3v) is 4.86. The van der Waals surface area contributed by atoms with Crippen LogP contribution in [-0.2, 0) is 0 Å². The average molecular weight is 364 g/mol. The van der Waals surface area contributed by atoms with Crippen LogP contribution in [0, 0.1) is 11.3 Å². The van der Waals surface area contributed by atoms with Crippen LogP contribution in [0.25, 0.3) is 0 Å². The Kier molecular flexibility index (Phi) is 3.10. The van der Waals surface area contributed by atoms with Crippen LogP contribution in [0.2, 0.25) is 0 Å². The molecule has 0 radical (unpaired) electrons. The molecule has 1 aromatic rings. The molecule has 1 aromatic heterocycles. The standard InChI is InChI=1S/C11H8BrF2N3O2S/c12-9-7-6-8(20-9)10(18)16-5(1-2-15)3-17(6)4-11(13,14)19-7/h5H,1,3-4H2,(H,16,18)/t5-/m1/s1. The van der Waals surface area contributed by atoms with E-state index in [9.17, 15) is 13.6 Å². The van der Waals surface area contributed by atoms with Crippen molar-refractivity contribution >= 4 is 38.9 Å². The highest BCUT2D eigenvalue weighted by Crippen LogP contribution is 2.51. The zero-order valence-electron chi connectivity index (χ0n) is 9.95. The number of nitriles is 1. The molecule has 1 N–H and O–H groups in total. The number of nitrogens with one attached hydrogen (secondary N) is 1. The van der Waals surface area contributed by atoms with Crippen molar-refractivity contribution in [3.63, 3.8) is 0 Å². The van der Waals surface area contributed by atoms with Crippen molar-refractivity contribution in [2.24, 2.45) is 0 Å². The molecular formula is C11H8BrF2N3O2S. The Balaban J connectivity index is 2.08. The number of halogens is 3. The van der Waals surface area contributed by atoms with Crippen molar-refractivity contribution < 1.29 is 18.3 Å². The van der Waals surface area contributed by atoms with Crippen molar-refractivity contribution in [1.29, 1.82) is 5.26 Å². The van der Waals surface area contributed by atoms with Crippen LogP contribution in [0.5, 0.6) is 5.75 Å². The van der Waals surface area contributed by atoms with Gasteiger partial charge >= 0.3 is 6.11 Å². The number of ether oxygens (including phenoxy) is 1. The average Bonchev–Trinajstić information content (AvgIpc) is 2.59. The van der Waals surface area contributed by atoms with Crippen molar-refractivity contribution in [3.8, 4) is 11.8 Å². The molecule has 2 aliphatic heterocycles. The first-order valence-corrected chi connectivity index (χ1v) is 7.34. The molecule has 9 heteroatoms. The molecule has 0 spiro atoms. The van der Waals surface area contributed by atoms with E-state index in [1.54, 1.807) is 0 Å². The Morgan fingerprint density at radius 1 is 1.65 bits per heavy atom. The molecule has 0 unspecified atom stereocenters. The SMILES string of the molecule is N#CC[C@@H]1CN2CC(F)(F)Oc3c(Br)sc(c32)C(=O)N1. The van der Waals surface area contributed by atoms with Gasteiger partial charge in [0, 0.05) is 6.54 Å². The van der Waals surface area contributed by atoms with E-state index in [0.717, 1.165) is 11.3 Å². The highest BCUT2D eigenvalue weighted by atomic mass is 79.9. The summed E-state index contributed by atoms with van der Waals surface area (Å²) < 4.78 is 32.3. The summed E-state index contributed by atoms with van der Waals surface area (Å²) in [5.74, 6) is -0.373. The van der Waals surface area contributed by atoms with Gasteiger partial charge in [0.1, 0.15) is 20.9 Å². The fourth-order valence-electron chi connectivity index (χ4n) is 2.34. The molecule has 1 amide bonds. The van der Waals surface area contributed by atoms with Crippen LogP contribution in [-0.4, -0.2) is 31.1 Å². The first-order valence-electron chi connectivity index (χ1n) is 5.73. The highest BCUT2D eigenvalue weighted by molar-refractivity contribution is 9.11. The number of carbonyl (C=O) groups excluding carboxylic acids is 1. The minimum absolute atomic E-state index is 0.00555. The van der Waals surface area contributed by atoms with Gasteiger partial charge in [-0.1, -0.05) is 0 Å². The minimum Gasteiger partial charge on any atom is -0.427 e. The van der Waals surface area contributed by atoms with Gasteiger partial charge in [0.2, 0.25) is 0 Å². The number of carbonyl (C=O) groups is 1. The second-order valence-electron chi connectivity index (χ2n) is 4.54. The van der Waals surface area contributed by atoms with E-state index in [1.165, 1.54) is 4.90 Å². The molecule has 5 nitrogen and oxygen atoms in total. The lowest BCUT2D eigenvalue weighted by atomic mass is 10.2. The summed E-state index contributed by atoms with van der Waals surface area (Å²) in [5, 5.41) is 11.4. The van der Waals surface area contributed by atoms with Crippen LogP contribution in [0.3, 0.4) is 0 Å². The second-order valence-corrected chi connectivity index (χ2v) is 6.87. The van der Waals surface area contributed by atoms with Crippen LogP contribution >= 0.6 is 27.3 Å². The minimum atomic E-state index is -3.32. The van der Waals surface area contributed by atoms with Crippen LogP contribution in [0.15, 0.2) is 3.79 Å². The number of amides is 1. The van der Waals surface area contributed by atoms with E-state index in [4.69, 9.17) is 5.26 Å². The number of hydrogen-bond donors (Lipinski definition) is 1. The van der Waals surface area contributed by atoms with E-state index >= 15 is 0 Å². The molecule has 3 rings (SSSR count). The molecule has 0 saturated heterocycles. The number of thiophene rings is 1. The first kappa shape index (κ1) is 13.6. The van der Waals surface area contributed by atoms with Crippen molar-refractivity contribution in [3.05, 3.63) is 8.66 Å². The number of rotatable bonds is 1. The van der Waals surface area contributed by atoms with Crippen LogP contribution < -0.4 is 15.0 Å². The molecule has 0 aromatic carbocycles. The van der Waals surface area contributed by atoms with Gasteiger partial charge < -0.3 is 15.0 Å². The Morgan fingerprint density at radius 2 is 2.40 bits per heavy atom. The van der Waals surface area contributed by atoms with Gasteiger partial charge in [-0.25, -0.2) is 0 Å². The van der Waals surface area contributed by atoms with E-state index in [0.29, 0.717) is 14.4 Å². The second kappa shape index (κ2) is 4.56. The van der Waals surface area contributed by atoms with E-state index < -0.39 is 18.7 Å². The number of anilines is 1. The lowest BCUT2D eigenvalue weighted by molar-refractivity contribution is -0.172. The normalized spacial score (nSPS) is 23.2. The van der Waals surface area contributed by atoms with E-state index in [2.05, 4.69) is 26.0 Å². The molecule has 106 valence electrons. The topological polar surface area (TPSA) is 65.4 Å². The van der Waals surface area contributed by atoms with Gasteiger partial charge in [0.05, 0.1) is 18.5 Å². The molecule has 1 atom stereocenters. The van der Waals surface area contributed by atoms with E-state index in [1.807, 2.05) is 6.07 Å². The summed E-state index contributed by atoms with van der Waals surface area (Å²) in [7, 11) is 0.